The first-order valence-corrected chi connectivity index (χ1v) is 7.22. The minimum Gasteiger partial charge on any atom is -0.361 e. The Balaban J connectivity index is 2.04. The molecule has 0 aliphatic carbocycles. The number of amidine groups is 1. The number of rotatable bonds is 3. The molecule has 110 valence electrons. The molecule has 0 aliphatic heterocycles. The van der Waals surface area contributed by atoms with Gasteiger partial charge in [-0.2, -0.15) is 10.3 Å². The molecule has 4 nitrogen and oxygen atoms in total. The van der Waals surface area contributed by atoms with Crippen LogP contribution in [-0.2, 0) is 6.54 Å². The average molecular weight is 330 g/mol. The number of nitrogens with one attached hydrogen (secondary N) is 1. The molecule has 0 aliphatic rings. The molecule has 0 aromatic heterocycles. The van der Waals surface area contributed by atoms with E-state index in [-0.39, 0.29) is 11.1 Å². The fourth-order valence-electron chi connectivity index (χ4n) is 1.74. The first-order chi connectivity index (χ1) is 10.6. The van der Waals surface area contributed by atoms with Crippen LogP contribution < -0.4 is 5.32 Å². The Kier molecular flexibility index (Phi) is 5.59. The third-order valence-electron chi connectivity index (χ3n) is 2.84. The molecule has 6 heteroatoms. The van der Waals surface area contributed by atoms with Crippen molar-refractivity contribution in [2.24, 2.45) is 4.99 Å². The van der Waals surface area contributed by atoms with Gasteiger partial charge in [0.05, 0.1) is 11.6 Å². The smallest absolute Gasteiger partial charge is 0.279 e. The van der Waals surface area contributed by atoms with Crippen molar-refractivity contribution in [2.45, 2.75) is 6.54 Å². The lowest BCUT2D eigenvalue weighted by Gasteiger charge is -2.07. The van der Waals surface area contributed by atoms with Gasteiger partial charge in [0.2, 0.25) is 0 Å². The van der Waals surface area contributed by atoms with Crippen molar-refractivity contribution < 1.29 is 4.79 Å². The largest absolute Gasteiger partial charge is 0.361 e. The maximum Gasteiger partial charge on any atom is 0.279 e. The van der Waals surface area contributed by atoms with Gasteiger partial charge < -0.3 is 5.32 Å². The van der Waals surface area contributed by atoms with E-state index in [1.54, 1.807) is 42.5 Å². The summed E-state index contributed by atoms with van der Waals surface area (Å²) in [4.78, 5) is 15.7. The van der Waals surface area contributed by atoms with Crippen molar-refractivity contribution in [1.82, 2.24) is 5.32 Å². The number of benzene rings is 2. The zero-order valence-corrected chi connectivity index (χ0v) is 13.1. The van der Waals surface area contributed by atoms with Crippen molar-refractivity contribution in [3.63, 3.8) is 0 Å². The van der Waals surface area contributed by atoms with Gasteiger partial charge in [-0.15, -0.1) is 12.6 Å². The van der Waals surface area contributed by atoms with E-state index in [1.807, 2.05) is 12.1 Å². The lowest BCUT2D eigenvalue weighted by molar-refractivity contribution is 0.100. The molecule has 2 aromatic rings. The topological polar surface area (TPSA) is 65.2 Å². The zero-order chi connectivity index (χ0) is 15.9. The van der Waals surface area contributed by atoms with Crippen molar-refractivity contribution in [3.8, 4) is 6.07 Å². The molecule has 0 fully saturated rings. The molecule has 0 heterocycles. The highest BCUT2D eigenvalue weighted by Crippen LogP contribution is 2.17. The second-order valence-electron chi connectivity index (χ2n) is 4.38. The molecule has 2 aromatic carbocycles. The van der Waals surface area contributed by atoms with Crippen LogP contribution in [0.3, 0.4) is 0 Å². The van der Waals surface area contributed by atoms with E-state index in [4.69, 9.17) is 16.9 Å². The number of halogens is 1. The summed E-state index contributed by atoms with van der Waals surface area (Å²) in [5, 5.41) is 12.5. The van der Waals surface area contributed by atoms with E-state index in [9.17, 15) is 4.79 Å². The molecule has 2 rings (SSSR count). The summed E-state index contributed by atoms with van der Waals surface area (Å²) in [5.74, 6) is -0.380. The van der Waals surface area contributed by atoms with Gasteiger partial charge in [-0.3, -0.25) is 4.79 Å². The van der Waals surface area contributed by atoms with Gasteiger partial charge in [0.25, 0.3) is 5.91 Å². The summed E-state index contributed by atoms with van der Waals surface area (Å²) < 4.78 is 0. The molecular weight excluding hydrogens is 318 g/mol. The number of carbonyl (C=O) groups is 1. The molecule has 0 radical (unpaired) electrons. The highest BCUT2D eigenvalue weighted by Gasteiger charge is 2.06. The number of hydrogen-bond acceptors (Lipinski definition) is 2. The first-order valence-electron chi connectivity index (χ1n) is 6.39. The molecular formula is C16H12ClN3OS. The van der Waals surface area contributed by atoms with Crippen LogP contribution in [0, 0.1) is 11.3 Å². The molecule has 1 amide bonds. The van der Waals surface area contributed by atoms with Crippen LogP contribution in [0.2, 0.25) is 5.02 Å². The Morgan fingerprint density at radius 3 is 2.68 bits per heavy atom. The average Bonchev–Trinajstić information content (AvgIpc) is 2.55. The molecule has 1 N–H and O–H groups in total. The van der Waals surface area contributed by atoms with Gasteiger partial charge in [0, 0.05) is 17.1 Å². The quantitative estimate of drug-likeness (QED) is 0.515. The van der Waals surface area contributed by atoms with Crippen LogP contribution in [-0.4, -0.2) is 11.1 Å². The fourth-order valence-corrected chi connectivity index (χ4v) is 2.09. The van der Waals surface area contributed by atoms with Crippen LogP contribution in [0.5, 0.6) is 0 Å². The van der Waals surface area contributed by atoms with E-state index in [0.29, 0.717) is 22.7 Å². The van der Waals surface area contributed by atoms with Crippen molar-refractivity contribution in [3.05, 3.63) is 70.2 Å². The molecule has 0 saturated heterocycles. The Labute approximate surface area is 138 Å². The Hall–Kier alpha value is -2.29. The number of aliphatic imine (C=N–C) groups is 1. The van der Waals surface area contributed by atoms with E-state index in [2.05, 4.69) is 22.9 Å². The van der Waals surface area contributed by atoms with Crippen LogP contribution in [0.25, 0.3) is 0 Å². The predicted molar refractivity (Wildman–Crippen MR) is 90.2 cm³/mol. The summed E-state index contributed by atoms with van der Waals surface area (Å²) in [6.07, 6.45) is 0. The number of thiol groups is 1. The number of hydrogen-bond donors (Lipinski definition) is 2. The van der Waals surface area contributed by atoms with Gasteiger partial charge in [-0.05, 0) is 35.9 Å². The Bertz CT molecular complexity index is 754. The number of nitriles is 1. The summed E-state index contributed by atoms with van der Waals surface area (Å²) >= 11 is 10.2. The van der Waals surface area contributed by atoms with Crippen molar-refractivity contribution >= 4 is 35.3 Å². The van der Waals surface area contributed by atoms with Crippen LogP contribution in [0.1, 0.15) is 21.5 Å². The normalized spacial score (nSPS) is 10.9. The van der Waals surface area contributed by atoms with E-state index in [0.717, 1.165) is 5.56 Å². The third kappa shape index (κ3) is 4.35. The monoisotopic (exact) mass is 329 g/mol. The van der Waals surface area contributed by atoms with E-state index >= 15 is 0 Å². The van der Waals surface area contributed by atoms with Crippen LogP contribution in [0.15, 0.2) is 53.5 Å². The third-order valence-corrected chi connectivity index (χ3v) is 3.47. The highest BCUT2D eigenvalue weighted by atomic mass is 35.5. The second-order valence-corrected chi connectivity index (χ2v) is 5.21. The maximum absolute atomic E-state index is 11.9. The lowest BCUT2D eigenvalue weighted by Crippen LogP contribution is -2.19. The summed E-state index contributed by atoms with van der Waals surface area (Å²) in [6, 6.07) is 15.7. The molecule has 0 bridgehead atoms. The minimum atomic E-state index is -0.380. The van der Waals surface area contributed by atoms with Crippen molar-refractivity contribution in [2.75, 3.05) is 0 Å². The summed E-state index contributed by atoms with van der Waals surface area (Å²) in [7, 11) is 0. The lowest BCUT2D eigenvalue weighted by atomic mass is 10.1. The van der Waals surface area contributed by atoms with Crippen LogP contribution in [0.4, 0.5) is 0 Å². The van der Waals surface area contributed by atoms with Crippen molar-refractivity contribution in [1.29, 1.82) is 5.26 Å². The van der Waals surface area contributed by atoms with E-state index in [1.165, 1.54) is 0 Å². The molecule has 22 heavy (non-hydrogen) atoms. The van der Waals surface area contributed by atoms with Gasteiger partial charge >= 0.3 is 0 Å². The Morgan fingerprint density at radius 2 is 2.00 bits per heavy atom. The second kappa shape index (κ2) is 7.64. The molecule has 0 atom stereocenters. The first kappa shape index (κ1) is 16.1. The standard InChI is InChI=1S/C16H12ClN3OS/c17-14-7-6-11(9-18)8-13(14)10-19-16(22)20-15(21)12-4-2-1-3-5-12/h1-8H,10H2,(H2,19,20,21,22). The number of amides is 1. The van der Waals surface area contributed by atoms with Gasteiger partial charge in [0.1, 0.15) is 0 Å². The maximum atomic E-state index is 11.9. The summed E-state index contributed by atoms with van der Waals surface area (Å²) in [5.41, 5.74) is 1.73. The van der Waals surface area contributed by atoms with E-state index < -0.39 is 0 Å². The minimum absolute atomic E-state index is 0.187. The SMILES string of the molecule is N#Cc1ccc(Cl)c(CN/C(S)=N/C(=O)c2ccccc2)c1. The zero-order valence-electron chi connectivity index (χ0n) is 11.5. The van der Waals surface area contributed by atoms with Gasteiger partial charge in [0.15, 0.2) is 5.17 Å². The molecule has 0 saturated carbocycles. The van der Waals surface area contributed by atoms with Crippen LogP contribution >= 0.6 is 24.2 Å². The van der Waals surface area contributed by atoms with Gasteiger partial charge in [-0.1, -0.05) is 29.8 Å². The molecule has 0 unspecified atom stereocenters. The Morgan fingerprint density at radius 1 is 1.27 bits per heavy atom. The summed E-state index contributed by atoms with van der Waals surface area (Å²) in [6.45, 7) is 0.318. The fraction of sp³-hybridized carbons (Fsp3) is 0.0625. The van der Waals surface area contributed by atoms with Gasteiger partial charge in [-0.25, -0.2) is 0 Å². The predicted octanol–water partition coefficient (Wildman–Crippen LogP) is 3.43. The molecule has 0 spiro atoms. The number of nitrogens with zero attached hydrogens (tertiary/aromatic N) is 2. The number of carbonyl (C=O) groups excluding carboxylic acids is 1. The highest BCUT2D eigenvalue weighted by molar-refractivity contribution is 7.96.